The lowest BCUT2D eigenvalue weighted by atomic mass is 9.84. The van der Waals surface area contributed by atoms with E-state index in [9.17, 15) is 27.5 Å². The van der Waals surface area contributed by atoms with Crippen LogP contribution in [0.3, 0.4) is 0 Å². The third-order valence-electron chi connectivity index (χ3n) is 3.93. The zero-order chi connectivity index (χ0) is 18.4. The molecule has 0 aromatic carbocycles. The molecule has 6 heteroatoms. The van der Waals surface area contributed by atoms with Crippen molar-refractivity contribution in [3.8, 4) is 0 Å². The van der Waals surface area contributed by atoms with Gasteiger partial charge in [0.15, 0.2) is 5.78 Å². The maximum Gasteiger partial charge on any atom is 0.249 e. The van der Waals surface area contributed by atoms with Crippen LogP contribution in [0.15, 0.2) is 11.3 Å². The molecule has 23 heavy (non-hydrogen) atoms. The van der Waals surface area contributed by atoms with Gasteiger partial charge in [-0.25, -0.2) is 17.6 Å². The molecular formula is C17H28F4O2. The number of ketones is 1. The Bertz CT molecular complexity index is 415. The van der Waals surface area contributed by atoms with Gasteiger partial charge in [0, 0.05) is 30.3 Å². The number of Topliss-reactive ketones (excluding diaryl/α,β-unsaturated/α-hetero) is 1. The quantitative estimate of drug-likeness (QED) is 0.304. The van der Waals surface area contributed by atoms with Crippen molar-refractivity contribution in [1.29, 1.82) is 0 Å². The topological polar surface area (TPSA) is 37.3 Å². The molecule has 0 heterocycles. The SMILES string of the molecule is CCC(CC(C)(F)F)C(=O)/C(CC(C)(F)F)=C(\O)C(CC)CC. The van der Waals surface area contributed by atoms with Gasteiger partial charge >= 0.3 is 0 Å². The van der Waals surface area contributed by atoms with Crippen molar-refractivity contribution >= 4 is 5.78 Å². The predicted octanol–water partition coefficient (Wildman–Crippen LogP) is 5.92. The van der Waals surface area contributed by atoms with E-state index in [4.69, 9.17) is 0 Å². The summed E-state index contributed by atoms with van der Waals surface area (Å²) in [5.41, 5.74) is -0.401. The molecular weight excluding hydrogens is 312 g/mol. The highest BCUT2D eigenvalue weighted by atomic mass is 19.3. The Hall–Kier alpha value is -1.07. The molecule has 0 spiro atoms. The predicted molar refractivity (Wildman–Crippen MR) is 83.0 cm³/mol. The number of hydrogen-bond acceptors (Lipinski definition) is 2. The molecule has 0 rings (SSSR count). The van der Waals surface area contributed by atoms with Crippen molar-refractivity contribution in [2.45, 2.75) is 78.6 Å². The van der Waals surface area contributed by atoms with E-state index in [-0.39, 0.29) is 12.2 Å². The highest BCUT2D eigenvalue weighted by Crippen LogP contribution is 2.34. The first-order valence-electron chi connectivity index (χ1n) is 8.08. The molecule has 0 aliphatic carbocycles. The number of rotatable bonds is 10. The molecule has 0 aromatic heterocycles. The Labute approximate surface area is 136 Å². The van der Waals surface area contributed by atoms with E-state index >= 15 is 0 Å². The number of aliphatic hydroxyl groups excluding tert-OH is 1. The van der Waals surface area contributed by atoms with Gasteiger partial charge in [0.2, 0.25) is 11.8 Å². The Kier molecular flexibility index (Phi) is 8.29. The van der Waals surface area contributed by atoms with Crippen LogP contribution in [-0.4, -0.2) is 22.7 Å². The summed E-state index contributed by atoms with van der Waals surface area (Å²) in [5, 5.41) is 10.3. The maximum absolute atomic E-state index is 13.4. The molecule has 0 saturated heterocycles. The summed E-state index contributed by atoms with van der Waals surface area (Å²) < 4.78 is 53.3. The van der Waals surface area contributed by atoms with E-state index in [1.807, 2.05) is 0 Å². The van der Waals surface area contributed by atoms with E-state index in [0.717, 1.165) is 0 Å². The fraction of sp³-hybridized carbons (Fsp3) is 0.824. The summed E-state index contributed by atoms with van der Waals surface area (Å²) in [5.74, 6) is -8.93. The first-order valence-corrected chi connectivity index (χ1v) is 8.08. The van der Waals surface area contributed by atoms with E-state index in [1.54, 1.807) is 20.8 Å². The zero-order valence-corrected chi connectivity index (χ0v) is 14.6. The fourth-order valence-corrected chi connectivity index (χ4v) is 2.64. The number of hydrogen-bond donors (Lipinski definition) is 1. The normalized spacial score (nSPS) is 15.6. The summed E-state index contributed by atoms with van der Waals surface area (Å²) in [7, 11) is 0. The second-order valence-electron chi connectivity index (χ2n) is 6.37. The molecule has 0 bridgehead atoms. The van der Waals surface area contributed by atoms with Gasteiger partial charge in [-0.1, -0.05) is 20.8 Å². The molecule has 0 amide bonds. The highest BCUT2D eigenvalue weighted by Gasteiger charge is 2.36. The summed E-state index contributed by atoms with van der Waals surface area (Å²) >= 11 is 0. The van der Waals surface area contributed by atoms with Crippen molar-refractivity contribution in [2.24, 2.45) is 11.8 Å². The van der Waals surface area contributed by atoms with Gasteiger partial charge in [0.25, 0.3) is 0 Å². The molecule has 1 unspecified atom stereocenters. The number of allylic oxidation sites excluding steroid dienone is 2. The van der Waals surface area contributed by atoms with Crippen molar-refractivity contribution in [1.82, 2.24) is 0 Å². The lowest BCUT2D eigenvalue weighted by Gasteiger charge is -2.24. The van der Waals surface area contributed by atoms with Crippen LogP contribution in [0.5, 0.6) is 0 Å². The summed E-state index contributed by atoms with van der Waals surface area (Å²) in [6, 6.07) is 0. The van der Waals surface area contributed by atoms with Crippen molar-refractivity contribution < 1.29 is 27.5 Å². The Morgan fingerprint density at radius 2 is 1.35 bits per heavy atom. The second-order valence-corrected chi connectivity index (χ2v) is 6.37. The van der Waals surface area contributed by atoms with Gasteiger partial charge in [0.1, 0.15) is 5.76 Å². The van der Waals surface area contributed by atoms with E-state index < -0.39 is 47.9 Å². The van der Waals surface area contributed by atoms with Crippen LogP contribution in [0.2, 0.25) is 0 Å². The fourth-order valence-electron chi connectivity index (χ4n) is 2.64. The third-order valence-corrected chi connectivity index (χ3v) is 3.93. The van der Waals surface area contributed by atoms with E-state index in [1.165, 1.54) is 0 Å². The van der Waals surface area contributed by atoms with Crippen LogP contribution in [0.25, 0.3) is 0 Å². The molecule has 1 atom stereocenters. The zero-order valence-electron chi connectivity index (χ0n) is 14.6. The molecule has 0 radical (unpaired) electrons. The van der Waals surface area contributed by atoms with E-state index in [0.29, 0.717) is 26.7 Å². The minimum atomic E-state index is -3.20. The lowest BCUT2D eigenvalue weighted by Crippen LogP contribution is -2.28. The Morgan fingerprint density at radius 3 is 1.65 bits per heavy atom. The molecule has 136 valence electrons. The third kappa shape index (κ3) is 7.84. The van der Waals surface area contributed by atoms with Gasteiger partial charge in [-0.15, -0.1) is 0 Å². The minimum absolute atomic E-state index is 0.108. The van der Waals surface area contributed by atoms with Crippen molar-refractivity contribution in [2.75, 3.05) is 0 Å². The summed E-state index contributed by atoms with van der Waals surface area (Å²) in [6.07, 6.45) is -0.571. The molecule has 0 fully saturated rings. The summed E-state index contributed by atoms with van der Waals surface area (Å²) in [6.45, 7) is 6.45. The Morgan fingerprint density at radius 1 is 0.913 bits per heavy atom. The maximum atomic E-state index is 13.4. The largest absolute Gasteiger partial charge is 0.512 e. The van der Waals surface area contributed by atoms with Crippen LogP contribution >= 0.6 is 0 Å². The average Bonchev–Trinajstić information content (AvgIpc) is 2.40. The van der Waals surface area contributed by atoms with Crippen LogP contribution < -0.4 is 0 Å². The smallest absolute Gasteiger partial charge is 0.249 e. The standard InChI is InChI=1S/C17H28F4O2/c1-6-11(7-2)14(22)13(10-17(5,20)21)15(23)12(8-3)9-16(4,18)19/h11-12,22H,6-10H2,1-5H3/b14-13-. The molecule has 1 N–H and O–H groups in total. The van der Waals surface area contributed by atoms with Crippen LogP contribution in [0, 0.1) is 11.8 Å². The molecule has 0 aromatic rings. The molecule has 0 saturated carbocycles. The number of halogens is 4. The van der Waals surface area contributed by atoms with Gasteiger partial charge in [-0.05, 0) is 33.1 Å². The van der Waals surface area contributed by atoms with Crippen molar-refractivity contribution in [3.63, 3.8) is 0 Å². The lowest BCUT2D eigenvalue weighted by molar-refractivity contribution is -0.123. The number of aliphatic hydroxyl groups is 1. The highest BCUT2D eigenvalue weighted by molar-refractivity contribution is 5.97. The average molecular weight is 340 g/mol. The number of carbonyl (C=O) groups excluding carboxylic acids is 1. The van der Waals surface area contributed by atoms with Crippen LogP contribution in [-0.2, 0) is 4.79 Å². The molecule has 0 aliphatic rings. The van der Waals surface area contributed by atoms with Crippen molar-refractivity contribution in [3.05, 3.63) is 11.3 Å². The number of alkyl halides is 4. The second kappa shape index (κ2) is 8.69. The monoisotopic (exact) mass is 340 g/mol. The minimum Gasteiger partial charge on any atom is -0.512 e. The van der Waals surface area contributed by atoms with Gasteiger partial charge in [-0.3, -0.25) is 4.79 Å². The van der Waals surface area contributed by atoms with Gasteiger partial charge in [-0.2, -0.15) is 0 Å². The van der Waals surface area contributed by atoms with Crippen LogP contribution in [0.1, 0.15) is 66.7 Å². The first-order chi connectivity index (χ1) is 10.4. The first kappa shape index (κ1) is 21.9. The molecule has 2 nitrogen and oxygen atoms in total. The Balaban J connectivity index is 5.75. The number of carbonyl (C=O) groups is 1. The van der Waals surface area contributed by atoms with Gasteiger partial charge in [0.05, 0.1) is 0 Å². The van der Waals surface area contributed by atoms with Crippen LogP contribution in [0.4, 0.5) is 17.6 Å². The van der Waals surface area contributed by atoms with Gasteiger partial charge < -0.3 is 5.11 Å². The van der Waals surface area contributed by atoms with E-state index in [2.05, 4.69) is 0 Å². The molecule has 0 aliphatic heterocycles. The summed E-state index contributed by atoms with van der Waals surface area (Å²) in [4.78, 5) is 12.5.